The van der Waals surface area contributed by atoms with Gasteiger partial charge in [0.15, 0.2) is 0 Å². The molecule has 0 amide bonds. The smallest absolute Gasteiger partial charge is 0.445 e. The third kappa shape index (κ3) is 12.7. The molecule has 67 heavy (non-hydrogen) atoms. The quantitative estimate of drug-likeness (QED) is 0.0526. The number of hydrogen-bond donors (Lipinski definition) is 7. The fourth-order valence-electron chi connectivity index (χ4n) is 7.43. The van der Waals surface area contributed by atoms with E-state index in [2.05, 4.69) is 0 Å². The zero-order chi connectivity index (χ0) is 48.4. The Hall–Kier alpha value is -5.12. The molecular formula is C44H43B6F5O12. The van der Waals surface area contributed by atoms with Gasteiger partial charge in [-0.25, -0.2) is 22.0 Å². The molecule has 7 N–H and O–H groups in total. The number of hydrogen-bond acceptors (Lipinski definition) is 12. The Bertz CT molecular complexity index is 2430. The highest BCUT2D eigenvalue weighted by Crippen LogP contribution is 2.17. The maximum absolute atomic E-state index is 13.7. The van der Waals surface area contributed by atoms with Crippen LogP contribution in [0.5, 0.6) is 0 Å². The summed E-state index contributed by atoms with van der Waals surface area (Å²) >= 11 is 0. The minimum atomic E-state index is -1.75. The van der Waals surface area contributed by atoms with Crippen molar-refractivity contribution in [2.45, 2.75) is 53.3 Å². The van der Waals surface area contributed by atoms with E-state index in [-0.39, 0.29) is 45.2 Å². The van der Waals surface area contributed by atoms with E-state index in [0.717, 1.165) is 35.9 Å². The van der Waals surface area contributed by atoms with Crippen LogP contribution in [0.15, 0.2) is 109 Å². The van der Waals surface area contributed by atoms with E-state index in [1.807, 2.05) is 13.0 Å². The van der Waals surface area contributed by atoms with E-state index in [0.29, 0.717) is 33.9 Å². The van der Waals surface area contributed by atoms with Crippen LogP contribution < -0.4 is 32.8 Å². The highest BCUT2D eigenvalue weighted by molar-refractivity contribution is 6.87. The van der Waals surface area contributed by atoms with Crippen LogP contribution in [-0.2, 0) is 62.3 Å². The summed E-state index contributed by atoms with van der Waals surface area (Å²) in [7, 11) is -8.11. The molecule has 1 aliphatic rings. The van der Waals surface area contributed by atoms with Crippen LogP contribution in [0.1, 0.15) is 45.9 Å². The Kier molecular flexibility index (Phi) is 18.2. The van der Waals surface area contributed by atoms with E-state index in [1.165, 1.54) is 60.7 Å². The van der Waals surface area contributed by atoms with Crippen molar-refractivity contribution in [1.29, 1.82) is 0 Å². The van der Waals surface area contributed by atoms with Crippen molar-refractivity contribution in [3.05, 3.63) is 177 Å². The lowest BCUT2D eigenvalue weighted by Crippen LogP contribution is -2.62. The Morgan fingerprint density at radius 2 is 0.746 bits per heavy atom. The SMILES string of the molecule is CCc1cc(F)ccc1B(O)OB(OB(O)c1ccc(F)cc1CO)c1ccc(F)cc1CO.Cc1ccc(B2OB(c3ccc(F)cc3CO)OB(c3ccc(F)cc3CO)O2)c(CO)c1. The van der Waals surface area contributed by atoms with Gasteiger partial charge in [0.1, 0.15) is 29.1 Å². The van der Waals surface area contributed by atoms with Crippen molar-refractivity contribution in [1.82, 2.24) is 0 Å². The number of aryl methyl sites for hydroxylation is 2. The Morgan fingerprint density at radius 3 is 1.15 bits per heavy atom. The predicted molar refractivity (Wildman–Crippen MR) is 244 cm³/mol. The standard InChI is InChI=1S/C22H22B3F3O6.C22H21B3F2O6/c1-2-14-9-17(26)3-6-20(14)23(31)33-25(22-8-5-19(28)11-16(22)13-30)34-24(32)21-7-4-18(27)10-15(21)12-29;1-14-2-5-20(15(8-14)11-28)23-31-24(21-6-3-18(26)9-16(21)12-29)33-25(32-23)22-7-4-19(27)10-17(22)13-30/h3-11,29-32H,2,12-13H2,1H3;2-10,28-30H,11-13H2,1H3. The number of aliphatic hydroxyl groups excluding tert-OH is 5. The summed E-state index contributed by atoms with van der Waals surface area (Å²) in [5, 5.41) is 70.0. The maximum Gasteiger partial charge on any atom is 0.478 e. The normalized spacial score (nSPS) is 12.5. The molecule has 0 saturated carbocycles. The van der Waals surface area contributed by atoms with Gasteiger partial charge in [0.05, 0.1) is 33.0 Å². The molecule has 1 saturated heterocycles. The molecule has 6 aromatic carbocycles. The first-order chi connectivity index (χ1) is 32.2. The molecule has 0 spiro atoms. The van der Waals surface area contributed by atoms with Crippen molar-refractivity contribution in [3.8, 4) is 0 Å². The zero-order valence-corrected chi connectivity index (χ0v) is 36.2. The number of halogens is 5. The van der Waals surface area contributed by atoms with Crippen LogP contribution in [0.4, 0.5) is 22.0 Å². The molecule has 7 rings (SSSR count). The van der Waals surface area contributed by atoms with Gasteiger partial charge in [0.25, 0.3) is 0 Å². The fourth-order valence-corrected chi connectivity index (χ4v) is 7.43. The van der Waals surface area contributed by atoms with E-state index in [9.17, 15) is 57.5 Å². The first-order valence-electron chi connectivity index (χ1n) is 20.9. The molecule has 6 aromatic rings. The van der Waals surface area contributed by atoms with Crippen LogP contribution in [0.3, 0.4) is 0 Å². The Morgan fingerprint density at radius 1 is 0.433 bits per heavy atom. The van der Waals surface area contributed by atoms with Gasteiger partial charge < -0.3 is 58.4 Å². The van der Waals surface area contributed by atoms with Gasteiger partial charge in [-0.05, 0) is 140 Å². The zero-order valence-electron chi connectivity index (χ0n) is 36.2. The number of aliphatic hydroxyl groups is 5. The van der Waals surface area contributed by atoms with Crippen LogP contribution in [-0.4, -0.2) is 78.3 Å². The molecule has 0 radical (unpaired) electrons. The van der Waals surface area contributed by atoms with Crippen molar-refractivity contribution in [2.75, 3.05) is 0 Å². The van der Waals surface area contributed by atoms with Gasteiger partial charge in [0.2, 0.25) is 0 Å². The van der Waals surface area contributed by atoms with Gasteiger partial charge >= 0.3 is 42.7 Å². The highest BCUT2D eigenvalue weighted by atomic mass is 19.1. The monoisotopic (exact) mass is 924 g/mol. The van der Waals surface area contributed by atoms with E-state index < -0.39 is 98.2 Å². The summed E-state index contributed by atoms with van der Waals surface area (Å²) in [6.07, 6.45) is 0.384. The van der Waals surface area contributed by atoms with Gasteiger partial charge in [-0.3, -0.25) is 0 Å². The van der Waals surface area contributed by atoms with Gasteiger partial charge in [-0.2, -0.15) is 0 Å². The second-order valence-corrected chi connectivity index (χ2v) is 15.3. The molecule has 344 valence electrons. The largest absolute Gasteiger partial charge is 0.478 e. The summed E-state index contributed by atoms with van der Waals surface area (Å²) in [6.45, 7) is 1.31. The van der Waals surface area contributed by atoms with Gasteiger partial charge in [0, 0.05) is 0 Å². The molecule has 0 bridgehead atoms. The van der Waals surface area contributed by atoms with Crippen LogP contribution in [0, 0.1) is 36.0 Å². The average Bonchev–Trinajstić information content (AvgIpc) is 3.33. The first-order valence-corrected chi connectivity index (χ1v) is 20.9. The predicted octanol–water partition coefficient (Wildman–Crippen LogP) is 0.454. The van der Waals surface area contributed by atoms with Crippen molar-refractivity contribution < 1.29 is 80.4 Å². The van der Waals surface area contributed by atoms with Crippen LogP contribution in [0.2, 0.25) is 0 Å². The molecule has 0 aliphatic carbocycles. The van der Waals surface area contributed by atoms with Gasteiger partial charge in [-0.15, -0.1) is 0 Å². The topological polar surface area (TPSA) is 188 Å². The molecule has 1 aliphatic heterocycles. The maximum atomic E-state index is 13.7. The molecular weight excluding hydrogens is 880 g/mol. The molecule has 1 fully saturated rings. The summed E-state index contributed by atoms with van der Waals surface area (Å²) < 4.78 is 97.8. The molecule has 0 unspecified atom stereocenters. The third-order valence-corrected chi connectivity index (χ3v) is 10.9. The summed E-state index contributed by atoms with van der Waals surface area (Å²) in [4.78, 5) is 0. The van der Waals surface area contributed by atoms with Crippen LogP contribution >= 0.6 is 0 Å². The molecule has 23 heteroatoms. The van der Waals surface area contributed by atoms with Gasteiger partial charge in [-0.1, -0.05) is 61.0 Å². The fraction of sp³-hybridized carbons (Fsp3) is 0.182. The summed E-state index contributed by atoms with van der Waals surface area (Å²) in [5.74, 6) is -2.81. The molecule has 12 nitrogen and oxygen atoms in total. The lowest BCUT2D eigenvalue weighted by molar-refractivity contribution is 0.276. The summed E-state index contributed by atoms with van der Waals surface area (Å²) in [5.41, 5.74) is 4.39. The second-order valence-electron chi connectivity index (χ2n) is 15.3. The third-order valence-electron chi connectivity index (χ3n) is 10.9. The number of rotatable bonds is 16. The lowest BCUT2D eigenvalue weighted by atomic mass is 9.59. The number of benzene rings is 6. The summed E-state index contributed by atoms with van der Waals surface area (Å²) in [6, 6.07) is 23.5. The van der Waals surface area contributed by atoms with Crippen molar-refractivity contribution in [2.24, 2.45) is 0 Å². The highest BCUT2D eigenvalue weighted by Gasteiger charge is 2.45. The minimum Gasteiger partial charge on any atom is -0.445 e. The molecule has 1 heterocycles. The average molecular weight is 924 g/mol. The van der Waals surface area contributed by atoms with Crippen molar-refractivity contribution >= 4 is 75.5 Å². The lowest BCUT2D eigenvalue weighted by Gasteiger charge is -2.33. The van der Waals surface area contributed by atoms with E-state index in [4.69, 9.17) is 22.9 Å². The van der Waals surface area contributed by atoms with E-state index in [1.54, 1.807) is 19.1 Å². The Balaban J connectivity index is 0.000000221. The molecule has 0 atom stereocenters. The second kappa shape index (κ2) is 23.7. The molecule has 0 aromatic heterocycles. The Labute approximate surface area is 385 Å². The first kappa shape index (κ1) is 51.3. The van der Waals surface area contributed by atoms with Crippen molar-refractivity contribution in [3.63, 3.8) is 0 Å². The van der Waals surface area contributed by atoms with Crippen LogP contribution in [0.25, 0.3) is 0 Å². The minimum absolute atomic E-state index is 0.0377. The van der Waals surface area contributed by atoms with E-state index >= 15 is 0 Å².